The van der Waals surface area contributed by atoms with E-state index in [1.165, 1.54) is 18.9 Å². The largest absolute Gasteiger partial charge is 0.496 e. The van der Waals surface area contributed by atoms with Crippen molar-refractivity contribution in [2.75, 3.05) is 25.1 Å². The average molecular weight is 706 g/mol. The summed E-state index contributed by atoms with van der Waals surface area (Å²) in [5.74, 6) is 0.0327. The van der Waals surface area contributed by atoms with Crippen molar-refractivity contribution >= 4 is 29.2 Å². The van der Waals surface area contributed by atoms with Gasteiger partial charge < -0.3 is 19.5 Å². The number of nitrogens with zero attached hydrogens (tertiary/aromatic N) is 3. The number of aryl methyl sites for hydroxylation is 1. The fourth-order valence-corrected chi connectivity index (χ4v) is 6.98. The number of carbonyl (C=O) groups is 2. The summed E-state index contributed by atoms with van der Waals surface area (Å²) in [6, 6.07) is 10.8. The highest BCUT2D eigenvalue weighted by Crippen LogP contribution is 2.43. The van der Waals surface area contributed by atoms with Crippen LogP contribution >= 0.6 is 11.3 Å². The number of amides is 1. The highest BCUT2D eigenvalue weighted by molar-refractivity contribution is 7.17. The van der Waals surface area contributed by atoms with Gasteiger partial charge in [0.2, 0.25) is 0 Å². The van der Waals surface area contributed by atoms with E-state index in [-0.39, 0.29) is 17.5 Å². The van der Waals surface area contributed by atoms with Gasteiger partial charge in [-0.15, -0.1) is 11.3 Å². The quantitative estimate of drug-likeness (QED) is 0.183. The maximum absolute atomic E-state index is 13.6. The van der Waals surface area contributed by atoms with Gasteiger partial charge in [0.25, 0.3) is 0 Å². The molecule has 2 aliphatic rings. The lowest BCUT2D eigenvalue weighted by atomic mass is 9.96. The van der Waals surface area contributed by atoms with Crippen molar-refractivity contribution in [3.8, 4) is 27.3 Å². The predicted octanol–water partition coefficient (Wildman–Crippen LogP) is 8.82. The molecule has 2 saturated heterocycles. The van der Waals surface area contributed by atoms with Gasteiger partial charge in [0, 0.05) is 29.1 Å². The van der Waals surface area contributed by atoms with E-state index in [0.717, 1.165) is 41.3 Å². The minimum absolute atomic E-state index is 0.0296. The number of aromatic carboxylic acids is 1. The minimum atomic E-state index is -5.07. The van der Waals surface area contributed by atoms with Crippen LogP contribution in [0, 0.1) is 6.92 Å². The molecule has 8 nitrogen and oxygen atoms in total. The smallest absolute Gasteiger partial charge is 0.416 e. The number of hydrogen-bond donors (Lipinski definition) is 1. The summed E-state index contributed by atoms with van der Waals surface area (Å²) in [6.45, 7) is 4.62. The van der Waals surface area contributed by atoms with Gasteiger partial charge in [0.05, 0.1) is 36.5 Å². The first kappa shape index (κ1) is 34.1. The molecule has 1 amide bonds. The first-order valence-corrected chi connectivity index (χ1v) is 15.9. The number of alkyl halides is 6. The zero-order chi connectivity index (χ0) is 35.4. The van der Waals surface area contributed by atoms with Crippen LogP contribution in [0.3, 0.4) is 0 Å². The predicted molar refractivity (Wildman–Crippen MR) is 169 cm³/mol. The van der Waals surface area contributed by atoms with E-state index in [1.54, 1.807) is 25.1 Å². The molecule has 0 radical (unpaired) electrons. The van der Waals surface area contributed by atoms with Crippen molar-refractivity contribution < 1.29 is 50.5 Å². The minimum Gasteiger partial charge on any atom is -0.496 e. The number of carboxylic acids is 1. The van der Waals surface area contributed by atoms with Gasteiger partial charge >= 0.3 is 24.4 Å². The number of thiophene rings is 1. The third kappa shape index (κ3) is 6.63. The summed E-state index contributed by atoms with van der Waals surface area (Å²) >= 11 is 1.12. The Balaban J connectivity index is 1.41. The molecule has 0 spiro atoms. The third-order valence-corrected chi connectivity index (χ3v) is 9.94. The Morgan fingerprint density at radius 1 is 1.00 bits per heavy atom. The molecule has 2 atom stereocenters. The zero-order valence-electron chi connectivity index (χ0n) is 26.3. The number of cyclic esters (lactones) is 1. The third-order valence-electron chi connectivity index (χ3n) is 8.67. The van der Waals surface area contributed by atoms with Gasteiger partial charge in [-0.3, -0.25) is 4.90 Å². The molecule has 6 rings (SSSR count). The number of hydrogen-bond acceptors (Lipinski definition) is 7. The first-order chi connectivity index (χ1) is 23.0. The highest BCUT2D eigenvalue weighted by atomic mass is 32.1. The maximum Gasteiger partial charge on any atom is 0.416 e. The summed E-state index contributed by atoms with van der Waals surface area (Å²) in [4.78, 5) is 33.9. The van der Waals surface area contributed by atoms with Gasteiger partial charge in [-0.2, -0.15) is 26.3 Å². The molecule has 49 heavy (non-hydrogen) atoms. The Morgan fingerprint density at radius 3 is 2.22 bits per heavy atom. The molecule has 2 fully saturated rings. The van der Waals surface area contributed by atoms with Crippen molar-refractivity contribution in [1.82, 2.24) is 9.88 Å². The average Bonchev–Trinajstić information content (AvgIpc) is 3.54. The Bertz CT molecular complexity index is 1910. The summed E-state index contributed by atoms with van der Waals surface area (Å²) in [6.07, 6.45) is -11.5. The van der Waals surface area contributed by atoms with Crippen LogP contribution in [0.5, 0.6) is 5.75 Å². The SMILES string of the molecule is COc1ccc(-c2sc(C(=O)O)cc2C)cc1-c1ccc(N2CCC2)nc1CN1C(=O)OC(c2cc(C(F)(F)F)cc(C(F)(F)F)c2)[C@@H]1C. The maximum atomic E-state index is 13.6. The molecule has 0 aliphatic carbocycles. The van der Waals surface area contributed by atoms with Crippen LogP contribution in [0.2, 0.25) is 0 Å². The number of benzene rings is 2. The Kier molecular flexibility index (Phi) is 8.76. The number of anilines is 1. The van der Waals surface area contributed by atoms with Crippen LogP contribution in [0.4, 0.5) is 37.0 Å². The number of ether oxygens (including phenoxy) is 2. The number of carboxylic acid groups (broad SMARTS) is 1. The van der Waals surface area contributed by atoms with Crippen LogP contribution in [-0.4, -0.2) is 53.3 Å². The van der Waals surface area contributed by atoms with Gasteiger partial charge in [-0.05, 0) is 91.6 Å². The van der Waals surface area contributed by atoms with Gasteiger partial charge in [0.1, 0.15) is 22.5 Å². The Labute approximate surface area is 280 Å². The molecule has 0 saturated carbocycles. The molecule has 1 N–H and O–H groups in total. The van der Waals surface area contributed by atoms with Crippen LogP contribution in [-0.2, 0) is 23.6 Å². The first-order valence-electron chi connectivity index (χ1n) is 15.1. The van der Waals surface area contributed by atoms with Gasteiger partial charge in [-0.25, -0.2) is 14.6 Å². The van der Waals surface area contributed by atoms with E-state index in [2.05, 4.69) is 0 Å². The monoisotopic (exact) mass is 705 g/mol. The zero-order valence-corrected chi connectivity index (χ0v) is 27.1. The van der Waals surface area contributed by atoms with E-state index in [1.807, 2.05) is 23.1 Å². The molecule has 2 aliphatic heterocycles. The Hall–Kier alpha value is -4.79. The summed E-state index contributed by atoms with van der Waals surface area (Å²) in [5.41, 5.74) is -0.463. The van der Waals surface area contributed by atoms with Crippen LogP contribution in [0.25, 0.3) is 21.6 Å². The number of carbonyl (C=O) groups excluding carboxylic acids is 1. The van der Waals surface area contributed by atoms with Crippen LogP contribution in [0.1, 0.15) is 57.1 Å². The molecule has 0 bridgehead atoms. The van der Waals surface area contributed by atoms with E-state index in [0.29, 0.717) is 46.1 Å². The number of rotatable bonds is 8. The Morgan fingerprint density at radius 2 is 1.67 bits per heavy atom. The lowest BCUT2D eigenvalue weighted by Crippen LogP contribution is -2.38. The van der Waals surface area contributed by atoms with E-state index in [4.69, 9.17) is 14.5 Å². The molecule has 258 valence electrons. The molecule has 2 aromatic heterocycles. The van der Waals surface area contributed by atoms with Crippen molar-refractivity contribution in [3.05, 3.63) is 87.4 Å². The van der Waals surface area contributed by atoms with Crippen molar-refractivity contribution in [2.24, 2.45) is 0 Å². The van der Waals surface area contributed by atoms with E-state index in [9.17, 15) is 41.0 Å². The van der Waals surface area contributed by atoms with E-state index < -0.39 is 53.3 Å². The second kappa shape index (κ2) is 12.6. The lowest BCUT2D eigenvalue weighted by molar-refractivity contribution is -0.143. The van der Waals surface area contributed by atoms with Gasteiger partial charge in [-0.1, -0.05) is 0 Å². The van der Waals surface area contributed by atoms with Crippen molar-refractivity contribution in [3.63, 3.8) is 0 Å². The summed E-state index contributed by atoms with van der Waals surface area (Å²) in [7, 11) is 1.48. The lowest BCUT2D eigenvalue weighted by Gasteiger charge is -2.33. The molecule has 4 heterocycles. The van der Waals surface area contributed by atoms with Crippen LogP contribution in [0.15, 0.2) is 54.6 Å². The fourth-order valence-electron chi connectivity index (χ4n) is 5.98. The van der Waals surface area contributed by atoms with Gasteiger partial charge in [0.15, 0.2) is 0 Å². The molecule has 15 heteroatoms. The number of aromatic nitrogens is 1. The van der Waals surface area contributed by atoms with Crippen molar-refractivity contribution in [2.45, 2.75) is 51.3 Å². The number of pyridine rings is 1. The molecule has 4 aromatic rings. The molecular formula is C34H29F6N3O5S. The van der Waals surface area contributed by atoms with E-state index >= 15 is 0 Å². The number of methoxy groups -OCH3 is 1. The number of halogens is 6. The summed E-state index contributed by atoms with van der Waals surface area (Å²) in [5, 5.41) is 9.52. The standard InChI is InChI=1S/C34H29F6N3O5S/c1-17-11-27(31(44)45)49-30(17)19-5-7-26(47-3)24(14-19)23-6-8-28(42-9-4-10-42)41-25(23)16-43-18(2)29(48-32(43)46)20-12-21(33(35,36)37)15-22(13-20)34(38,39)40/h5-8,11-15,18,29H,4,9-10,16H2,1-3H3,(H,44,45)/t18-,29?/m0/s1. The molecule has 2 aromatic carbocycles. The fraction of sp³-hybridized carbons (Fsp3) is 0.324. The highest BCUT2D eigenvalue weighted by Gasteiger charge is 2.43. The summed E-state index contributed by atoms with van der Waals surface area (Å²) < 4.78 is 92.9. The second-order valence-electron chi connectivity index (χ2n) is 11.9. The second-order valence-corrected chi connectivity index (χ2v) is 12.9. The molecule has 1 unspecified atom stereocenters. The topological polar surface area (TPSA) is 92.2 Å². The van der Waals surface area contributed by atoms with Crippen molar-refractivity contribution in [1.29, 1.82) is 0 Å². The van der Waals surface area contributed by atoms with Crippen LogP contribution < -0.4 is 9.64 Å². The normalized spacial score (nSPS) is 18.0. The molecular weight excluding hydrogens is 676 g/mol.